The summed E-state index contributed by atoms with van der Waals surface area (Å²) in [6.45, 7) is 6.79. The molecule has 1 rings (SSSR count). The summed E-state index contributed by atoms with van der Waals surface area (Å²) in [4.78, 5) is 15.0. The lowest BCUT2D eigenvalue weighted by Crippen LogP contribution is -2.48. The molecule has 0 aliphatic rings. The fraction of sp³-hybridized carbons (Fsp3) is 0.583. The van der Waals surface area contributed by atoms with E-state index in [-0.39, 0.29) is 5.97 Å². The summed E-state index contributed by atoms with van der Waals surface area (Å²) in [6, 6.07) is 4.09. The van der Waals surface area contributed by atoms with Crippen LogP contribution in [0.15, 0.2) is 17.5 Å². The zero-order valence-electron chi connectivity index (χ0n) is 10.3. The molecule has 1 heterocycles. The van der Waals surface area contributed by atoms with Gasteiger partial charge in [-0.25, -0.2) is 0 Å². The third kappa shape index (κ3) is 3.06. The number of carbonyl (C=O) groups excluding carboxylic acids is 1. The maximum atomic E-state index is 11.8. The van der Waals surface area contributed by atoms with Crippen molar-refractivity contribution < 1.29 is 9.53 Å². The molecule has 0 aliphatic carbocycles. The Morgan fingerprint density at radius 1 is 1.56 bits per heavy atom. The van der Waals surface area contributed by atoms with Gasteiger partial charge in [0.15, 0.2) is 0 Å². The summed E-state index contributed by atoms with van der Waals surface area (Å²) < 4.78 is 5.07. The summed E-state index contributed by atoms with van der Waals surface area (Å²) >= 11 is 1.70. The minimum Gasteiger partial charge on any atom is -0.465 e. The Hall–Kier alpha value is -0.870. The van der Waals surface area contributed by atoms with Crippen molar-refractivity contribution in [1.29, 1.82) is 0 Å². The summed E-state index contributed by atoms with van der Waals surface area (Å²) in [5.41, 5.74) is -0.583. The van der Waals surface area contributed by atoms with Crippen LogP contribution in [0.3, 0.4) is 0 Å². The van der Waals surface area contributed by atoms with Crippen LogP contribution in [-0.2, 0) is 16.1 Å². The molecule has 0 saturated heterocycles. The van der Waals surface area contributed by atoms with Gasteiger partial charge in [0.05, 0.1) is 6.61 Å². The van der Waals surface area contributed by atoms with E-state index >= 15 is 0 Å². The number of rotatable bonds is 5. The summed E-state index contributed by atoms with van der Waals surface area (Å²) in [5.74, 6) is -0.172. The molecule has 0 amide bonds. The molecule has 0 N–H and O–H groups in total. The Labute approximate surface area is 101 Å². The fourth-order valence-electron chi connectivity index (χ4n) is 1.30. The molecule has 0 saturated carbocycles. The van der Waals surface area contributed by atoms with Crippen LogP contribution in [0, 0.1) is 0 Å². The van der Waals surface area contributed by atoms with Crippen LogP contribution in [0.25, 0.3) is 0 Å². The lowest BCUT2D eigenvalue weighted by Gasteiger charge is -2.32. The van der Waals surface area contributed by atoms with Crippen LogP contribution in [0.2, 0.25) is 0 Å². The van der Waals surface area contributed by atoms with Crippen molar-refractivity contribution in [3.63, 3.8) is 0 Å². The number of hydrogen-bond acceptors (Lipinski definition) is 4. The molecule has 0 bridgehead atoms. The third-order valence-electron chi connectivity index (χ3n) is 2.70. The second-order valence-electron chi connectivity index (χ2n) is 4.21. The van der Waals surface area contributed by atoms with E-state index in [1.807, 2.05) is 44.2 Å². The highest BCUT2D eigenvalue weighted by atomic mass is 32.1. The van der Waals surface area contributed by atoms with Crippen molar-refractivity contribution in [2.75, 3.05) is 13.7 Å². The SMILES string of the molecule is CCOC(=O)C(C)(C)N(C)Cc1cccs1. The van der Waals surface area contributed by atoms with Crippen LogP contribution in [-0.4, -0.2) is 30.1 Å². The molecule has 0 aromatic carbocycles. The molecule has 1 aromatic rings. The van der Waals surface area contributed by atoms with E-state index in [2.05, 4.69) is 6.07 Å². The minimum atomic E-state index is -0.583. The quantitative estimate of drug-likeness (QED) is 0.742. The number of esters is 1. The zero-order valence-corrected chi connectivity index (χ0v) is 11.1. The van der Waals surface area contributed by atoms with Gasteiger partial charge in [0, 0.05) is 11.4 Å². The van der Waals surface area contributed by atoms with E-state index < -0.39 is 5.54 Å². The van der Waals surface area contributed by atoms with Crippen molar-refractivity contribution in [2.24, 2.45) is 0 Å². The number of carbonyl (C=O) groups is 1. The molecule has 90 valence electrons. The third-order valence-corrected chi connectivity index (χ3v) is 3.56. The van der Waals surface area contributed by atoms with Gasteiger partial charge in [0.25, 0.3) is 0 Å². The molecular weight excluding hydrogens is 222 g/mol. The lowest BCUT2D eigenvalue weighted by atomic mass is 10.0. The van der Waals surface area contributed by atoms with E-state index in [0.29, 0.717) is 6.61 Å². The van der Waals surface area contributed by atoms with Gasteiger partial charge in [0.2, 0.25) is 0 Å². The Bertz CT molecular complexity index is 333. The van der Waals surface area contributed by atoms with Gasteiger partial charge in [-0.15, -0.1) is 11.3 Å². The average Bonchev–Trinajstić information content (AvgIpc) is 2.70. The number of thiophene rings is 1. The van der Waals surface area contributed by atoms with Gasteiger partial charge < -0.3 is 4.74 Å². The first kappa shape index (κ1) is 13.2. The molecular formula is C12H19NO2S. The molecule has 0 atom stereocenters. The van der Waals surface area contributed by atoms with Gasteiger partial charge in [-0.3, -0.25) is 9.69 Å². The molecule has 16 heavy (non-hydrogen) atoms. The lowest BCUT2D eigenvalue weighted by molar-refractivity contribution is -0.155. The Balaban J connectivity index is 2.64. The van der Waals surface area contributed by atoms with E-state index in [1.54, 1.807) is 11.3 Å². The summed E-state index contributed by atoms with van der Waals surface area (Å²) in [5, 5.41) is 2.04. The van der Waals surface area contributed by atoms with Crippen molar-refractivity contribution in [1.82, 2.24) is 4.90 Å². The number of nitrogens with zero attached hydrogens (tertiary/aromatic N) is 1. The first-order valence-corrected chi connectivity index (χ1v) is 6.27. The summed E-state index contributed by atoms with van der Waals surface area (Å²) in [6.07, 6.45) is 0. The van der Waals surface area contributed by atoms with E-state index in [0.717, 1.165) is 6.54 Å². The molecule has 0 radical (unpaired) electrons. The van der Waals surface area contributed by atoms with E-state index in [1.165, 1.54) is 4.88 Å². The number of ether oxygens (including phenoxy) is 1. The topological polar surface area (TPSA) is 29.5 Å². The van der Waals surface area contributed by atoms with Gasteiger partial charge in [0.1, 0.15) is 5.54 Å². The predicted molar refractivity (Wildman–Crippen MR) is 66.5 cm³/mol. The maximum Gasteiger partial charge on any atom is 0.325 e. The molecule has 0 spiro atoms. The first-order valence-electron chi connectivity index (χ1n) is 5.39. The standard InChI is InChI=1S/C12H19NO2S/c1-5-15-11(14)12(2,3)13(4)9-10-7-6-8-16-10/h6-8H,5,9H2,1-4H3. The van der Waals surface area contributed by atoms with E-state index in [9.17, 15) is 4.79 Å². The molecule has 0 aliphatic heterocycles. The molecule has 4 heteroatoms. The van der Waals surface area contributed by atoms with Gasteiger partial charge in [-0.2, -0.15) is 0 Å². The monoisotopic (exact) mass is 241 g/mol. The highest BCUT2D eigenvalue weighted by Crippen LogP contribution is 2.19. The highest BCUT2D eigenvalue weighted by molar-refractivity contribution is 7.09. The second-order valence-corrected chi connectivity index (χ2v) is 5.25. The number of hydrogen-bond donors (Lipinski definition) is 0. The highest BCUT2D eigenvalue weighted by Gasteiger charge is 2.33. The normalized spacial score (nSPS) is 11.8. The van der Waals surface area contributed by atoms with Crippen LogP contribution < -0.4 is 0 Å². The van der Waals surface area contributed by atoms with Crippen LogP contribution in [0.1, 0.15) is 25.6 Å². The van der Waals surface area contributed by atoms with Crippen molar-refractivity contribution in [3.8, 4) is 0 Å². The fourth-order valence-corrected chi connectivity index (χ4v) is 2.05. The van der Waals surface area contributed by atoms with Crippen molar-refractivity contribution >= 4 is 17.3 Å². The molecule has 3 nitrogen and oxygen atoms in total. The second kappa shape index (κ2) is 5.46. The van der Waals surface area contributed by atoms with Gasteiger partial charge in [-0.1, -0.05) is 6.07 Å². The largest absolute Gasteiger partial charge is 0.465 e. The summed E-state index contributed by atoms with van der Waals surface area (Å²) in [7, 11) is 1.94. The molecule has 0 unspecified atom stereocenters. The van der Waals surface area contributed by atoms with Gasteiger partial charge >= 0.3 is 5.97 Å². The number of likely N-dealkylation sites (N-methyl/N-ethyl adjacent to an activating group) is 1. The predicted octanol–water partition coefficient (Wildman–Crippen LogP) is 2.52. The van der Waals surface area contributed by atoms with Crippen LogP contribution in [0.5, 0.6) is 0 Å². The van der Waals surface area contributed by atoms with E-state index in [4.69, 9.17) is 4.74 Å². The van der Waals surface area contributed by atoms with Crippen molar-refractivity contribution in [2.45, 2.75) is 32.9 Å². The Morgan fingerprint density at radius 2 is 2.25 bits per heavy atom. The van der Waals surface area contributed by atoms with Crippen LogP contribution in [0.4, 0.5) is 0 Å². The van der Waals surface area contributed by atoms with Crippen molar-refractivity contribution in [3.05, 3.63) is 22.4 Å². The minimum absolute atomic E-state index is 0.172. The van der Waals surface area contributed by atoms with Gasteiger partial charge in [-0.05, 0) is 39.3 Å². The van der Waals surface area contributed by atoms with Crippen LogP contribution >= 0.6 is 11.3 Å². The molecule has 1 aromatic heterocycles. The Morgan fingerprint density at radius 3 is 2.75 bits per heavy atom. The average molecular weight is 241 g/mol. The maximum absolute atomic E-state index is 11.8. The molecule has 0 fully saturated rings. The Kier molecular flexibility index (Phi) is 4.50. The first-order chi connectivity index (χ1) is 7.48. The smallest absolute Gasteiger partial charge is 0.325 e. The zero-order chi connectivity index (χ0) is 12.2.